The molecule has 0 unspecified atom stereocenters. The Bertz CT molecular complexity index is 667. The molecular weight excluding hydrogens is 282 g/mol. The Hall–Kier alpha value is -1.80. The van der Waals surface area contributed by atoms with Gasteiger partial charge in [-0.2, -0.15) is 0 Å². The Morgan fingerprint density at radius 3 is 2.38 bits per heavy atom. The summed E-state index contributed by atoms with van der Waals surface area (Å²) in [5.41, 5.74) is 3.54. The van der Waals surface area contributed by atoms with Crippen molar-refractivity contribution in [3.63, 3.8) is 0 Å². The number of anilines is 1. The summed E-state index contributed by atoms with van der Waals surface area (Å²) in [4.78, 5) is 12.7. The average Bonchev–Trinajstić information content (AvgIpc) is 3.25. The smallest absolute Gasteiger partial charge is 0.235 e. The van der Waals surface area contributed by atoms with Crippen LogP contribution in [0.15, 0.2) is 42.5 Å². The summed E-state index contributed by atoms with van der Waals surface area (Å²) in [5.74, 6) is 0.0440. The van der Waals surface area contributed by atoms with Gasteiger partial charge in [0.05, 0.1) is 16.1 Å². The van der Waals surface area contributed by atoms with Gasteiger partial charge in [-0.15, -0.1) is 0 Å². The van der Waals surface area contributed by atoms with Crippen LogP contribution in [0, 0.1) is 13.8 Å². The highest BCUT2D eigenvalue weighted by Gasteiger charge is 2.51. The minimum Gasteiger partial charge on any atom is -0.324 e. The topological polar surface area (TPSA) is 29.1 Å². The van der Waals surface area contributed by atoms with Crippen LogP contribution in [0.2, 0.25) is 5.02 Å². The minimum absolute atomic E-state index is 0.0440. The molecule has 1 aliphatic carbocycles. The van der Waals surface area contributed by atoms with Gasteiger partial charge in [0.1, 0.15) is 0 Å². The van der Waals surface area contributed by atoms with Crippen LogP contribution in [0.4, 0.5) is 5.69 Å². The fraction of sp³-hybridized carbons (Fsp3) is 0.278. The summed E-state index contributed by atoms with van der Waals surface area (Å²) in [6.45, 7) is 3.97. The Morgan fingerprint density at radius 1 is 1.14 bits per heavy atom. The summed E-state index contributed by atoms with van der Waals surface area (Å²) >= 11 is 6.28. The van der Waals surface area contributed by atoms with Crippen molar-refractivity contribution < 1.29 is 4.79 Å². The van der Waals surface area contributed by atoms with Crippen LogP contribution in [0.5, 0.6) is 0 Å². The van der Waals surface area contributed by atoms with Crippen molar-refractivity contribution >= 4 is 23.2 Å². The third-order valence-corrected chi connectivity index (χ3v) is 4.48. The maximum absolute atomic E-state index is 12.7. The zero-order chi connectivity index (χ0) is 15.0. The lowest BCUT2D eigenvalue weighted by Gasteiger charge is -2.18. The molecule has 0 spiro atoms. The first-order chi connectivity index (χ1) is 10.0. The summed E-state index contributed by atoms with van der Waals surface area (Å²) in [6.07, 6.45) is 1.79. The van der Waals surface area contributed by atoms with Crippen molar-refractivity contribution in [1.29, 1.82) is 0 Å². The molecule has 108 valence electrons. The van der Waals surface area contributed by atoms with Crippen molar-refractivity contribution in [1.82, 2.24) is 0 Å². The van der Waals surface area contributed by atoms with E-state index in [4.69, 9.17) is 11.6 Å². The molecule has 0 atom stereocenters. The third kappa shape index (κ3) is 2.56. The Morgan fingerprint density at radius 2 is 1.81 bits per heavy atom. The Kier molecular flexibility index (Phi) is 3.50. The van der Waals surface area contributed by atoms with Crippen molar-refractivity contribution in [3.8, 4) is 0 Å². The zero-order valence-electron chi connectivity index (χ0n) is 12.2. The van der Waals surface area contributed by atoms with Gasteiger partial charge in [0.2, 0.25) is 5.91 Å². The van der Waals surface area contributed by atoms with Crippen LogP contribution < -0.4 is 5.32 Å². The summed E-state index contributed by atoms with van der Waals surface area (Å²) in [7, 11) is 0. The molecule has 1 N–H and O–H groups in total. The van der Waals surface area contributed by atoms with Gasteiger partial charge in [0.25, 0.3) is 0 Å². The maximum Gasteiger partial charge on any atom is 0.235 e. The number of carbonyl (C=O) groups is 1. The molecule has 1 fully saturated rings. The van der Waals surface area contributed by atoms with E-state index < -0.39 is 0 Å². The molecule has 0 radical (unpaired) electrons. The van der Waals surface area contributed by atoms with Gasteiger partial charge >= 0.3 is 0 Å². The van der Waals surface area contributed by atoms with Gasteiger partial charge in [-0.1, -0.05) is 48.0 Å². The highest BCUT2D eigenvalue weighted by atomic mass is 35.5. The monoisotopic (exact) mass is 299 g/mol. The lowest BCUT2D eigenvalue weighted by molar-refractivity contribution is -0.118. The number of hydrogen-bond acceptors (Lipinski definition) is 1. The van der Waals surface area contributed by atoms with Crippen molar-refractivity contribution in [2.75, 3.05) is 5.32 Å². The van der Waals surface area contributed by atoms with Gasteiger partial charge in [0, 0.05) is 0 Å². The molecule has 1 amide bonds. The minimum atomic E-state index is -0.373. The fourth-order valence-corrected chi connectivity index (χ4v) is 3.20. The fourth-order valence-electron chi connectivity index (χ4n) is 2.84. The summed E-state index contributed by atoms with van der Waals surface area (Å²) in [5, 5.41) is 3.64. The van der Waals surface area contributed by atoms with Crippen LogP contribution in [-0.4, -0.2) is 5.91 Å². The van der Waals surface area contributed by atoms with E-state index in [1.807, 2.05) is 56.3 Å². The number of hydrogen-bond donors (Lipinski definition) is 1. The number of nitrogens with one attached hydrogen (secondary N) is 1. The highest BCUT2D eigenvalue weighted by Crippen LogP contribution is 2.49. The predicted molar refractivity (Wildman–Crippen MR) is 86.9 cm³/mol. The van der Waals surface area contributed by atoms with E-state index in [-0.39, 0.29) is 11.3 Å². The van der Waals surface area contributed by atoms with E-state index in [0.717, 1.165) is 35.2 Å². The standard InChI is InChI=1S/C18H18ClNO/c1-12-10-13(2)16(15(19)11-12)20-17(21)18(8-9-18)14-6-4-3-5-7-14/h3-7,10-11H,8-9H2,1-2H3,(H,20,21). The third-order valence-electron chi connectivity index (χ3n) is 4.18. The lowest BCUT2D eigenvalue weighted by Crippen LogP contribution is -2.28. The second-order valence-corrected chi connectivity index (χ2v) is 6.25. The molecular formula is C18H18ClNO. The number of benzene rings is 2. The van der Waals surface area contributed by atoms with Gasteiger partial charge < -0.3 is 5.32 Å². The molecule has 2 aromatic rings. The molecule has 0 saturated heterocycles. The molecule has 3 heteroatoms. The Balaban J connectivity index is 1.88. The summed E-state index contributed by atoms with van der Waals surface area (Å²) in [6, 6.07) is 13.9. The average molecular weight is 300 g/mol. The molecule has 3 rings (SSSR count). The number of aryl methyl sites for hydroxylation is 2. The first-order valence-electron chi connectivity index (χ1n) is 7.17. The van der Waals surface area contributed by atoms with Crippen molar-refractivity contribution in [3.05, 3.63) is 64.2 Å². The van der Waals surface area contributed by atoms with Crippen LogP contribution in [0.3, 0.4) is 0 Å². The van der Waals surface area contributed by atoms with E-state index in [9.17, 15) is 4.79 Å². The molecule has 0 aromatic heterocycles. The van der Waals surface area contributed by atoms with Crippen LogP contribution in [0.25, 0.3) is 0 Å². The van der Waals surface area contributed by atoms with Gasteiger partial charge in [-0.05, 0) is 49.4 Å². The molecule has 1 saturated carbocycles. The van der Waals surface area contributed by atoms with Crippen LogP contribution >= 0.6 is 11.6 Å². The van der Waals surface area contributed by atoms with E-state index in [2.05, 4.69) is 5.32 Å². The molecule has 0 bridgehead atoms. The quantitative estimate of drug-likeness (QED) is 0.880. The largest absolute Gasteiger partial charge is 0.324 e. The molecule has 2 aromatic carbocycles. The highest BCUT2D eigenvalue weighted by molar-refractivity contribution is 6.34. The second kappa shape index (κ2) is 5.19. The van der Waals surface area contributed by atoms with Crippen LogP contribution in [0.1, 0.15) is 29.5 Å². The lowest BCUT2D eigenvalue weighted by atomic mass is 9.95. The van der Waals surface area contributed by atoms with E-state index in [0.29, 0.717) is 5.02 Å². The Labute approximate surface area is 130 Å². The van der Waals surface area contributed by atoms with Crippen molar-refractivity contribution in [2.45, 2.75) is 32.1 Å². The molecule has 1 aliphatic rings. The normalized spacial score (nSPS) is 15.6. The van der Waals surface area contributed by atoms with Gasteiger partial charge in [-0.3, -0.25) is 4.79 Å². The number of carbonyl (C=O) groups excluding carboxylic acids is 1. The number of halogens is 1. The molecule has 0 aliphatic heterocycles. The zero-order valence-corrected chi connectivity index (χ0v) is 13.0. The first-order valence-corrected chi connectivity index (χ1v) is 7.54. The van der Waals surface area contributed by atoms with Crippen molar-refractivity contribution in [2.24, 2.45) is 0 Å². The van der Waals surface area contributed by atoms with Gasteiger partial charge in [0.15, 0.2) is 0 Å². The SMILES string of the molecule is Cc1cc(C)c(NC(=O)C2(c3ccccc3)CC2)c(Cl)c1. The summed E-state index contributed by atoms with van der Waals surface area (Å²) < 4.78 is 0. The number of rotatable bonds is 3. The number of amides is 1. The first kappa shape index (κ1) is 14.2. The molecule has 21 heavy (non-hydrogen) atoms. The maximum atomic E-state index is 12.7. The van der Waals surface area contributed by atoms with Crippen LogP contribution in [-0.2, 0) is 10.2 Å². The molecule has 0 heterocycles. The molecule has 2 nitrogen and oxygen atoms in total. The predicted octanol–water partition coefficient (Wildman–Crippen LogP) is 4.63. The second-order valence-electron chi connectivity index (χ2n) is 5.84. The van der Waals surface area contributed by atoms with E-state index in [1.54, 1.807) is 0 Å². The van der Waals surface area contributed by atoms with E-state index in [1.165, 1.54) is 0 Å². The van der Waals surface area contributed by atoms with E-state index >= 15 is 0 Å². The van der Waals surface area contributed by atoms with Gasteiger partial charge in [-0.25, -0.2) is 0 Å².